The van der Waals surface area contributed by atoms with Gasteiger partial charge in [0, 0.05) is 0 Å². The van der Waals surface area contributed by atoms with Gasteiger partial charge in [0.2, 0.25) is 0 Å². The predicted octanol–water partition coefficient (Wildman–Crippen LogP) is 4.68. The summed E-state index contributed by atoms with van der Waals surface area (Å²) in [7, 11) is 0. The molecule has 0 amide bonds. The van der Waals surface area contributed by atoms with E-state index in [1.165, 1.54) is 12.1 Å². The quantitative estimate of drug-likeness (QED) is 0.676. The summed E-state index contributed by atoms with van der Waals surface area (Å²) in [4.78, 5) is 0. The van der Waals surface area contributed by atoms with Crippen LogP contribution in [0.4, 0.5) is 13.2 Å². The van der Waals surface area contributed by atoms with Gasteiger partial charge in [-0.05, 0) is 29.3 Å². The molecule has 0 atom stereocenters. The molecule has 0 saturated carbocycles. The molecule has 0 bridgehead atoms. The van der Waals surface area contributed by atoms with E-state index in [0.717, 1.165) is 23.3 Å². The summed E-state index contributed by atoms with van der Waals surface area (Å²) < 4.78 is 37.0. The van der Waals surface area contributed by atoms with Crippen molar-refractivity contribution in [2.24, 2.45) is 0 Å². The third kappa shape index (κ3) is 3.23. The van der Waals surface area contributed by atoms with Gasteiger partial charge in [0.15, 0.2) is 0 Å². The Kier molecular flexibility index (Phi) is 3.51. The summed E-state index contributed by atoms with van der Waals surface area (Å²) >= 11 is 0. The molecule has 0 unspecified atom stereocenters. The van der Waals surface area contributed by atoms with Crippen LogP contribution in [0.25, 0.3) is 12.2 Å². The van der Waals surface area contributed by atoms with Crippen LogP contribution in [0.2, 0.25) is 0 Å². The molecular weight excluding hydrogens is 237 g/mol. The van der Waals surface area contributed by atoms with Crippen molar-refractivity contribution in [1.29, 1.82) is 0 Å². The van der Waals surface area contributed by atoms with Gasteiger partial charge in [-0.3, -0.25) is 0 Å². The molecule has 0 aliphatic heterocycles. The Labute approximate surface area is 103 Å². The first kappa shape index (κ1) is 12.4. The minimum Gasteiger partial charge on any atom is -0.166 e. The van der Waals surface area contributed by atoms with Crippen molar-refractivity contribution in [1.82, 2.24) is 0 Å². The van der Waals surface area contributed by atoms with Crippen molar-refractivity contribution < 1.29 is 13.2 Å². The fraction of sp³-hybridized carbons (Fsp3) is 0.0667. The molecule has 0 heterocycles. The minimum absolute atomic E-state index is 0.631. The third-order valence-electron chi connectivity index (χ3n) is 2.45. The number of benzene rings is 2. The fourth-order valence-corrected chi connectivity index (χ4v) is 1.49. The highest BCUT2D eigenvalue weighted by Crippen LogP contribution is 2.29. The van der Waals surface area contributed by atoms with Crippen molar-refractivity contribution >= 4 is 12.2 Å². The molecular formula is C15H10F3. The van der Waals surface area contributed by atoms with Gasteiger partial charge in [0.05, 0.1) is 5.56 Å². The molecule has 0 fully saturated rings. The van der Waals surface area contributed by atoms with Gasteiger partial charge >= 0.3 is 6.18 Å². The maximum atomic E-state index is 12.3. The average molecular weight is 247 g/mol. The number of halogens is 3. The lowest BCUT2D eigenvalue weighted by atomic mass is 10.1. The highest BCUT2D eigenvalue weighted by Gasteiger charge is 2.29. The lowest BCUT2D eigenvalue weighted by Gasteiger charge is -2.05. The lowest BCUT2D eigenvalue weighted by Crippen LogP contribution is -2.03. The van der Waals surface area contributed by atoms with Crippen LogP contribution in [0.1, 0.15) is 16.7 Å². The van der Waals surface area contributed by atoms with E-state index in [9.17, 15) is 13.2 Å². The topological polar surface area (TPSA) is 0 Å². The molecule has 0 aromatic heterocycles. The zero-order valence-corrected chi connectivity index (χ0v) is 9.41. The second kappa shape index (κ2) is 5.08. The van der Waals surface area contributed by atoms with Crippen LogP contribution in [0.5, 0.6) is 0 Å². The monoisotopic (exact) mass is 247 g/mol. The van der Waals surface area contributed by atoms with Gasteiger partial charge in [0.25, 0.3) is 0 Å². The predicted molar refractivity (Wildman–Crippen MR) is 65.7 cm³/mol. The van der Waals surface area contributed by atoms with Crippen molar-refractivity contribution in [2.75, 3.05) is 0 Å². The Hall–Kier alpha value is -2.03. The molecule has 3 heteroatoms. The molecule has 0 aliphatic rings. The van der Waals surface area contributed by atoms with E-state index >= 15 is 0 Å². The molecule has 0 N–H and O–H groups in total. The van der Waals surface area contributed by atoms with E-state index in [-0.39, 0.29) is 0 Å². The molecule has 2 aromatic rings. The Bertz CT molecular complexity index is 522. The number of hydrogen-bond donors (Lipinski definition) is 0. The molecule has 91 valence electrons. The van der Waals surface area contributed by atoms with Crippen LogP contribution in [-0.2, 0) is 6.18 Å². The van der Waals surface area contributed by atoms with Gasteiger partial charge in [-0.2, -0.15) is 13.2 Å². The summed E-state index contributed by atoms with van der Waals surface area (Å²) in [5.41, 5.74) is 1.08. The molecule has 0 aliphatic carbocycles. The molecule has 18 heavy (non-hydrogen) atoms. The van der Waals surface area contributed by atoms with E-state index in [2.05, 4.69) is 6.07 Å². The first-order valence-corrected chi connectivity index (χ1v) is 5.37. The highest BCUT2D eigenvalue weighted by atomic mass is 19.4. The fourth-order valence-electron chi connectivity index (χ4n) is 1.49. The van der Waals surface area contributed by atoms with Gasteiger partial charge in [-0.1, -0.05) is 48.6 Å². The number of hydrogen-bond acceptors (Lipinski definition) is 0. The van der Waals surface area contributed by atoms with Crippen molar-refractivity contribution in [3.05, 3.63) is 71.3 Å². The van der Waals surface area contributed by atoms with E-state index in [1.54, 1.807) is 18.2 Å². The molecule has 0 saturated heterocycles. The number of alkyl halides is 3. The molecule has 0 spiro atoms. The average Bonchev–Trinajstić information content (AvgIpc) is 2.37. The maximum Gasteiger partial charge on any atom is 0.416 e. The maximum absolute atomic E-state index is 12.3. The van der Waals surface area contributed by atoms with Gasteiger partial charge < -0.3 is 0 Å². The second-order valence-corrected chi connectivity index (χ2v) is 3.79. The Balaban J connectivity index is 2.14. The Morgan fingerprint density at radius 3 is 1.78 bits per heavy atom. The van der Waals surface area contributed by atoms with Crippen molar-refractivity contribution in [3.8, 4) is 0 Å². The standard InChI is InChI=1S/C15H10F3/c16-15(17,18)14-10-8-13(9-11-14)7-6-12-4-2-1-3-5-12/h2-11H/b7-6+. The van der Waals surface area contributed by atoms with Crippen LogP contribution >= 0.6 is 0 Å². The molecule has 2 aromatic carbocycles. The smallest absolute Gasteiger partial charge is 0.166 e. The molecule has 0 nitrogen and oxygen atoms in total. The van der Waals surface area contributed by atoms with Crippen LogP contribution < -0.4 is 0 Å². The molecule has 1 radical (unpaired) electrons. The Morgan fingerprint density at radius 2 is 1.28 bits per heavy atom. The van der Waals surface area contributed by atoms with E-state index in [4.69, 9.17) is 0 Å². The lowest BCUT2D eigenvalue weighted by molar-refractivity contribution is -0.137. The van der Waals surface area contributed by atoms with Gasteiger partial charge in [0.1, 0.15) is 0 Å². The SMILES string of the molecule is FC(F)(F)c1ccc(/C=C/c2cc[c]cc2)cc1. The third-order valence-corrected chi connectivity index (χ3v) is 2.45. The number of rotatable bonds is 2. The van der Waals surface area contributed by atoms with Gasteiger partial charge in [-0.25, -0.2) is 0 Å². The van der Waals surface area contributed by atoms with Crippen LogP contribution in [-0.4, -0.2) is 0 Å². The first-order chi connectivity index (χ1) is 8.55. The summed E-state index contributed by atoms with van der Waals surface area (Å²) in [5.74, 6) is 0. The van der Waals surface area contributed by atoms with Crippen LogP contribution in [0, 0.1) is 6.07 Å². The molecule has 2 rings (SSSR count). The summed E-state index contributed by atoms with van der Waals surface area (Å²) in [5, 5.41) is 0. The van der Waals surface area contributed by atoms with Crippen LogP contribution in [0.15, 0.2) is 48.5 Å². The summed E-state index contributed by atoms with van der Waals surface area (Å²) in [6, 6.07) is 15.3. The first-order valence-electron chi connectivity index (χ1n) is 5.37. The van der Waals surface area contributed by atoms with E-state index in [0.29, 0.717) is 0 Å². The normalized spacial score (nSPS) is 11.9. The highest BCUT2D eigenvalue weighted by molar-refractivity contribution is 5.69. The van der Waals surface area contributed by atoms with Gasteiger partial charge in [-0.15, -0.1) is 0 Å². The second-order valence-electron chi connectivity index (χ2n) is 3.79. The zero-order chi connectivity index (χ0) is 13.0. The van der Waals surface area contributed by atoms with E-state index < -0.39 is 11.7 Å². The van der Waals surface area contributed by atoms with E-state index in [1.807, 2.05) is 18.2 Å². The summed E-state index contributed by atoms with van der Waals surface area (Å²) in [6.07, 6.45) is -0.663. The Morgan fingerprint density at radius 1 is 0.778 bits per heavy atom. The zero-order valence-electron chi connectivity index (χ0n) is 9.41. The largest absolute Gasteiger partial charge is 0.416 e. The van der Waals surface area contributed by atoms with Crippen LogP contribution in [0.3, 0.4) is 0 Å². The summed E-state index contributed by atoms with van der Waals surface area (Å²) in [6.45, 7) is 0. The van der Waals surface area contributed by atoms with Crippen molar-refractivity contribution in [2.45, 2.75) is 6.18 Å². The minimum atomic E-state index is -4.28. The van der Waals surface area contributed by atoms with Crippen molar-refractivity contribution in [3.63, 3.8) is 0 Å².